The quantitative estimate of drug-likeness (QED) is 0.0323. The first-order valence-electron chi connectivity index (χ1n) is 18.3. The molecule has 2 aliphatic heterocycles. The SMILES string of the molecule is COCC1CC(C=O)(CCCOCCOCCOCCOCCOCCOCCOCCOCCC(=O)C2NC(=O)CCC2=O)OC1C(O)C(O)CO. The highest BCUT2D eigenvalue weighted by Gasteiger charge is 2.49. The number of ketones is 2. The Kier molecular flexibility index (Phi) is 26.0. The van der Waals surface area contributed by atoms with Gasteiger partial charge < -0.3 is 72.8 Å². The summed E-state index contributed by atoms with van der Waals surface area (Å²) in [5.74, 6) is -1.18. The molecule has 0 aromatic rings. The van der Waals surface area contributed by atoms with Gasteiger partial charge in [-0.05, 0) is 19.3 Å². The number of Topliss-reactive ketones (excluding diaryl/α,β-unsaturated/α-hetero) is 2. The molecule has 308 valence electrons. The number of carbonyl (C=O) groups excluding carboxylic acids is 4. The molecule has 18 nitrogen and oxygen atoms in total. The normalized spacial score (nSPS) is 22.9. The number of carbonyl (C=O) groups is 4. The predicted octanol–water partition coefficient (Wildman–Crippen LogP) is -1.59. The van der Waals surface area contributed by atoms with Gasteiger partial charge in [-0.25, -0.2) is 0 Å². The molecular formula is C35H61NO17. The van der Waals surface area contributed by atoms with E-state index in [4.69, 9.17) is 47.4 Å². The number of methoxy groups -OCH3 is 1. The van der Waals surface area contributed by atoms with Gasteiger partial charge in [-0.15, -0.1) is 0 Å². The number of piperidine rings is 1. The molecule has 0 radical (unpaired) electrons. The maximum atomic E-state index is 12.1. The Morgan fingerprint density at radius 3 is 1.72 bits per heavy atom. The van der Waals surface area contributed by atoms with Gasteiger partial charge in [0.15, 0.2) is 17.9 Å². The van der Waals surface area contributed by atoms with E-state index in [1.807, 2.05) is 0 Å². The van der Waals surface area contributed by atoms with Crippen molar-refractivity contribution in [2.24, 2.45) is 5.92 Å². The second kappa shape index (κ2) is 29.3. The number of ether oxygens (including phenoxy) is 10. The van der Waals surface area contributed by atoms with Crippen molar-refractivity contribution in [1.29, 1.82) is 0 Å². The molecule has 0 aromatic carbocycles. The van der Waals surface area contributed by atoms with E-state index in [0.717, 1.165) is 6.29 Å². The van der Waals surface area contributed by atoms with Crippen molar-refractivity contribution in [3.63, 3.8) is 0 Å². The van der Waals surface area contributed by atoms with Gasteiger partial charge in [0.05, 0.1) is 118 Å². The fourth-order valence-electron chi connectivity index (χ4n) is 5.70. The summed E-state index contributed by atoms with van der Waals surface area (Å²) in [5.41, 5.74) is -1.11. The summed E-state index contributed by atoms with van der Waals surface area (Å²) in [6, 6.07) is -1.04. The molecule has 1 amide bonds. The van der Waals surface area contributed by atoms with Crippen LogP contribution in [0.5, 0.6) is 0 Å². The van der Waals surface area contributed by atoms with Crippen LogP contribution < -0.4 is 5.32 Å². The predicted molar refractivity (Wildman–Crippen MR) is 184 cm³/mol. The van der Waals surface area contributed by atoms with E-state index in [-0.39, 0.29) is 55.9 Å². The Morgan fingerprint density at radius 1 is 0.792 bits per heavy atom. The molecule has 0 aliphatic carbocycles. The van der Waals surface area contributed by atoms with Crippen LogP contribution in [0.25, 0.3) is 0 Å². The summed E-state index contributed by atoms with van der Waals surface area (Å²) in [4.78, 5) is 47.1. The first-order valence-corrected chi connectivity index (χ1v) is 18.3. The maximum absolute atomic E-state index is 12.1. The number of rotatable bonds is 35. The molecule has 2 rings (SSSR count). The third-order valence-corrected chi connectivity index (χ3v) is 8.49. The lowest BCUT2D eigenvalue weighted by atomic mass is 9.88. The number of aliphatic hydroxyl groups excluding tert-OH is 3. The molecule has 6 atom stereocenters. The number of amides is 1. The third kappa shape index (κ3) is 19.9. The molecule has 18 heteroatoms. The summed E-state index contributed by atoms with van der Waals surface area (Å²) in [6.07, 6.45) is -1.25. The third-order valence-electron chi connectivity index (χ3n) is 8.49. The molecule has 4 N–H and O–H groups in total. The van der Waals surface area contributed by atoms with E-state index in [1.54, 1.807) is 0 Å². The van der Waals surface area contributed by atoms with Gasteiger partial charge in [0, 0.05) is 38.9 Å². The first kappa shape index (κ1) is 47.1. The van der Waals surface area contributed by atoms with Gasteiger partial charge >= 0.3 is 0 Å². The van der Waals surface area contributed by atoms with Crippen molar-refractivity contribution in [2.45, 2.75) is 68.5 Å². The van der Waals surface area contributed by atoms with Gasteiger partial charge in [-0.2, -0.15) is 0 Å². The molecule has 6 unspecified atom stereocenters. The highest BCUT2D eigenvalue weighted by molar-refractivity contribution is 6.11. The summed E-state index contributed by atoms with van der Waals surface area (Å²) >= 11 is 0. The second-order valence-corrected chi connectivity index (χ2v) is 12.6. The average molecular weight is 768 g/mol. The Labute approximate surface area is 311 Å². The summed E-state index contributed by atoms with van der Waals surface area (Å²) in [6.45, 7) is 5.77. The first-order chi connectivity index (χ1) is 25.8. The van der Waals surface area contributed by atoms with Gasteiger partial charge in [0.25, 0.3) is 0 Å². The number of nitrogens with one attached hydrogen (secondary N) is 1. The zero-order chi connectivity index (χ0) is 38.6. The maximum Gasteiger partial charge on any atom is 0.221 e. The van der Waals surface area contributed by atoms with Crippen molar-refractivity contribution in [1.82, 2.24) is 5.32 Å². The Hall–Kier alpha value is -2.04. The van der Waals surface area contributed by atoms with Gasteiger partial charge in [0.2, 0.25) is 5.91 Å². The fourth-order valence-corrected chi connectivity index (χ4v) is 5.70. The standard InChI is InChI=1S/C35H61NO17/c1-44-25-27-23-35(26-38,53-34(27)33(43)30(41)24-37)6-2-7-45-9-11-47-13-15-49-17-19-51-21-22-52-20-18-50-16-14-48-12-10-46-8-5-29(40)32-28(39)3-4-31(42)36-32/h26-27,30,32-34,37,41,43H,2-25H2,1H3,(H,36,42). The van der Waals surface area contributed by atoms with Crippen LogP contribution >= 0.6 is 0 Å². The monoisotopic (exact) mass is 767 g/mol. The summed E-state index contributed by atoms with van der Waals surface area (Å²) < 4.78 is 54.8. The molecule has 0 aromatic heterocycles. The van der Waals surface area contributed by atoms with Crippen molar-refractivity contribution in [3.8, 4) is 0 Å². The van der Waals surface area contributed by atoms with Gasteiger partial charge in [-0.3, -0.25) is 14.4 Å². The molecular weight excluding hydrogens is 706 g/mol. The molecule has 0 bridgehead atoms. The van der Waals surface area contributed by atoms with Gasteiger partial charge in [0.1, 0.15) is 23.9 Å². The van der Waals surface area contributed by atoms with Crippen LogP contribution in [0, 0.1) is 5.92 Å². The van der Waals surface area contributed by atoms with Crippen LogP contribution in [0.1, 0.15) is 38.5 Å². The lowest BCUT2D eigenvalue weighted by Gasteiger charge is -2.28. The van der Waals surface area contributed by atoms with Crippen LogP contribution in [0.15, 0.2) is 0 Å². The molecule has 0 saturated carbocycles. The highest BCUT2D eigenvalue weighted by Crippen LogP contribution is 2.39. The molecule has 2 heterocycles. The second-order valence-electron chi connectivity index (χ2n) is 12.6. The van der Waals surface area contributed by atoms with Crippen molar-refractivity contribution in [2.75, 3.05) is 126 Å². The van der Waals surface area contributed by atoms with Crippen LogP contribution in [0.4, 0.5) is 0 Å². The fraction of sp³-hybridized carbons (Fsp3) is 0.886. The zero-order valence-corrected chi connectivity index (χ0v) is 31.0. The van der Waals surface area contributed by atoms with E-state index in [0.29, 0.717) is 118 Å². The van der Waals surface area contributed by atoms with E-state index < -0.39 is 36.6 Å². The Morgan fingerprint density at radius 2 is 1.26 bits per heavy atom. The molecule has 2 saturated heterocycles. The number of aliphatic hydroxyl groups is 3. The van der Waals surface area contributed by atoms with Gasteiger partial charge in [-0.1, -0.05) is 0 Å². The lowest BCUT2D eigenvalue weighted by molar-refractivity contribution is -0.150. The molecule has 53 heavy (non-hydrogen) atoms. The van der Waals surface area contributed by atoms with Crippen molar-refractivity contribution < 1.29 is 81.9 Å². The zero-order valence-electron chi connectivity index (χ0n) is 31.0. The van der Waals surface area contributed by atoms with Crippen molar-refractivity contribution >= 4 is 23.8 Å². The minimum atomic E-state index is -1.37. The number of hydrogen-bond donors (Lipinski definition) is 4. The van der Waals surface area contributed by atoms with E-state index in [1.165, 1.54) is 7.11 Å². The minimum absolute atomic E-state index is 0.0511. The number of aldehydes is 1. The van der Waals surface area contributed by atoms with Crippen LogP contribution in [0.3, 0.4) is 0 Å². The molecule has 2 aliphatic rings. The van der Waals surface area contributed by atoms with Crippen LogP contribution in [-0.4, -0.2) is 195 Å². The van der Waals surface area contributed by atoms with Crippen LogP contribution in [-0.2, 0) is 66.5 Å². The Bertz CT molecular complexity index is 1010. The largest absolute Gasteiger partial charge is 0.394 e. The topological polar surface area (TPSA) is 233 Å². The highest BCUT2D eigenvalue weighted by atomic mass is 16.6. The smallest absolute Gasteiger partial charge is 0.221 e. The lowest BCUT2D eigenvalue weighted by Crippen LogP contribution is -2.50. The van der Waals surface area contributed by atoms with E-state index in [9.17, 15) is 34.5 Å². The Balaban J connectivity index is 1.28. The van der Waals surface area contributed by atoms with E-state index in [2.05, 4.69) is 5.32 Å². The minimum Gasteiger partial charge on any atom is -0.394 e. The van der Waals surface area contributed by atoms with Crippen LogP contribution in [0.2, 0.25) is 0 Å². The molecule has 0 spiro atoms. The van der Waals surface area contributed by atoms with Crippen molar-refractivity contribution in [3.05, 3.63) is 0 Å². The summed E-state index contributed by atoms with van der Waals surface area (Å²) in [7, 11) is 1.51. The molecule has 2 fully saturated rings. The number of hydrogen-bond acceptors (Lipinski definition) is 17. The van der Waals surface area contributed by atoms with E-state index >= 15 is 0 Å². The summed E-state index contributed by atoms with van der Waals surface area (Å²) in [5, 5.41) is 31.8. The average Bonchev–Trinajstić information content (AvgIpc) is 3.53.